The van der Waals surface area contributed by atoms with E-state index in [1.165, 1.54) is 7.11 Å². The van der Waals surface area contributed by atoms with Crippen LogP contribution in [0.5, 0.6) is 5.88 Å². The second-order valence-corrected chi connectivity index (χ2v) is 6.25. The zero-order chi connectivity index (χ0) is 14.0. The highest BCUT2D eigenvalue weighted by Gasteiger charge is 2.21. The van der Waals surface area contributed by atoms with Gasteiger partial charge in [-0.05, 0) is 6.92 Å². The fourth-order valence-corrected chi connectivity index (χ4v) is 2.91. The van der Waals surface area contributed by atoms with Crippen LogP contribution >= 0.6 is 11.3 Å². The maximum Gasteiger partial charge on any atom is 0.293 e. The predicted molar refractivity (Wildman–Crippen MR) is 68.5 cm³/mol. The molecule has 0 radical (unpaired) electrons. The third kappa shape index (κ3) is 3.06. The van der Waals surface area contributed by atoms with Crippen LogP contribution in [0.2, 0.25) is 0 Å². The number of anilines is 2. The van der Waals surface area contributed by atoms with E-state index in [1.54, 1.807) is 13.0 Å². The first-order chi connectivity index (χ1) is 8.90. The molecular formula is C8H10N6O3S2. The summed E-state index contributed by atoms with van der Waals surface area (Å²) in [6.07, 6.45) is 0. The summed E-state index contributed by atoms with van der Waals surface area (Å²) in [4.78, 5) is 7.81. The average Bonchev–Trinajstić information content (AvgIpc) is 2.75. The molecule has 11 heteroatoms. The lowest BCUT2D eigenvalue weighted by molar-refractivity contribution is 0.397. The maximum atomic E-state index is 11.9. The first-order valence-corrected chi connectivity index (χ1v) is 7.22. The van der Waals surface area contributed by atoms with Gasteiger partial charge < -0.3 is 10.5 Å². The molecule has 0 saturated heterocycles. The van der Waals surface area contributed by atoms with Crippen molar-refractivity contribution in [3.05, 3.63) is 11.8 Å². The van der Waals surface area contributed by atoms with Crippen molar-refractivity contribution >= 4 is 32.4 Å². The molecule has 0 aromatic carbocycles. The minimum Gasteiger partial charge on any atom is -0.481 e. The molecule has 102 valence electrons. The molecule has 0 aliphatic carbocycles. The number of methoxy groups -OCH3 is 1. The van der Waals surface area contributed by atoms with Crippen LogP contribution in [0, 0.1) is 6.92 Å². The summed E-state index contributed by atoms with van der Waals surface area (Å²) in [5.74, 6) is 0.146. The highest BCUT2D eigenvalue weighted by molar-refractivity contribution is 7.94. The van der Waals surface area contributed by atoms with E-state index >= 15 is 0 Å². The summed E-state index contributed by atoms with van der Waals surface area (Å²) in [7, 11) is -2.48. The van der Waals surface area contributed by atoms with Crippen molar-refractivity contribution in [2.45, 2.75) is 11.3 Å². The number of nitrogens with one attached hydrogen (secondary N) is 1. The third-order valence-electron chi connectivity index (χ3n) is 1.92. The fraction of sp³-hybridized carbons (Fsp3) is 0.250. The molecule has 2 aromatic rings. The van der Waals surface area contributed by atoms with E-state index in [0.717, 1.165) is 11.3 Å². The van der Waals surface area contributed by atoms with E-state index < -0.39 is 10.0 Å². The van der Waals surface area contributed by atoms with E-state index in [1.807, 2.05) is 0 Å². The van der Waals surface area contributed by atoms with E-state index in [-0.39, 0.29) is 21.3 Å². The van der Waals surface area contributed by atoms with Gasteiger partial charge in [-0.25, -0.2) is 9.71 Å². The van der Waals surface area contributed by atoms with Crippen molar-refractivity contribution in [1.82, 2.24) is 20.2 Å². The number of aromatic nitrogens is 4. The Morgan fingerprint density at radius 2 is 2.11 bits per heavy atom. The third-order valence-corrected chi connectivity index (χ3v) is 4.37. The Hall–Kier alpha value is -2.01. The fourth-order valence-electron chi connectivity index (χ4n) is 1.18. The van der Waals surface area contributed by atoms with Gasteiger partial charge in [-0.1, -0.05) is 11.3 Å². The predicted octanol–water partition coefficient (Wildman–Crippen LogP) is 0.0281. The molecule has 2 aromatic heterocycles. The van der Waals surface area contributed by atoms with Crippen molar-refractivity contribution in [2.24, 2.45) is 0 Å². The topological polar surface area (TPSA) is 133 Å². The number of aryl methyl sites for hydroxylation is 1. The van der Waals surface area contributed by atoms with E-state index in [4.69, 9.17) is 10.5 Å². The van der Waals surface area contributed by atoms with Crippen LogP contribution in [-0.4, -0.2) is 35.7 Å². The van der Waals surface area contributed by atoms with Crippen LogP contribution in [0.1, 0.15) is 5.69 Å². The van der Waals surface area contributed by atoms with Gasteiger partial charge in [0.05, 0.1) is 7.11 Å². The number of sulfonamides is 1. The molecule has 0 amide bonds. The lowest BCUT2D eigenvalue weighted by Crippen LogP contribution is -2.15. The standard InChI is InChI=1S/C8H10N6O3S2/c1-4-3-5(17-2)11-7(10-4)14-19(15,16)8-13-12-6(9)18-8/h3H,1-2H3,(H2,9,12)(H,10,11,14). The van der Waals surface area contributed by atoms with E-state index in [9.17, 15) is 8.42 Å². The molecule has 0 spiro atoms. The number of rotatable bonds is 4. The van der Waals surface area contributed by atoms with Crippen LogP contribution < -0.4 is 15.2 Å². The Balaban J connectivity index is 2.32. The van der Waals surface area contributed by atoms with Crippen LogP contribution in [0.4, 0.5) is 11.1 Å². The minimum atomic E-state index is -3.90. The molecule has 0 unspecified atom stereocenters. The number of nitrogen functional groups attached to an aromatic ring is 1. The molecule has 0 aliphatic rings. The van der Waals surface area contributed by atoms with Gasteiger partial charge in [0, 0.05) is 11.8 Å². The molecule has 0 saturated carbocycles. The van der Waals surface area contributed by atoms with Crippen LogP contribution in [0.15, 0.2) is 10.4 Å². The van der Waals surface area contributed by atoms with Crippen LogP contribution in [-0.2, 0) is 10.0 Å². The SMILES string of the molecule is COc1cc(C)nc(NS(=O)(=O)c2nnc(N)s2)n1. The number of nitrogens with two attached hydrogens (primary N) is 1. The van der Waals surface area contributed by atoms with E-state index in [2.05, 4.69) is 24.9 Å². The number of nitrogens with zero attached hydrogens (tertiary/aromatic N) is 4. The van der Waals surface area contributed by atoms with Gasteiger partial charge in [0.1, 0.15) is 0 Å². The molecule has 9 nitrogen and oxygen atoms in total. The number of ether oxygens (including phenoxy) is 1. The second kappa shape index (κ2) is 4.93. The monoisotopic (exact) mass is 302 g/mol. The number of hydrogen-bond donors (Lipinski definition) is 2. The Bertz CT molecular complexity index is 698. The summed E-state index contributed by atoms with van der Waals surface area (Å²) in [5.41, 5.74) is 5.90. The van der Waals surface area contributed by atoms with E-state index in [0.29, 0.717) is 5.69 Å². The highest BCUT2D eigenvalue weighted by Crippen LogP contribution is 2.20. The molecule has 0 bridgehead atoms. The van der Waals surface area contributed by atoms with Gasteiger partial charge in [-0.2, -0.15) is 13.4 Å². The molecule has 0 aliphatic heterocycles. The molecular weight excluding hydrogens is 292 g/mol. The van der Waals surface area contributed by atoms with Gasteiger partial charge in [0.25, 0.3) is 14.4 Å². The van der Waals surface area contributed by atoms with Gasteiger partial charge in [0.2, 0.25) is 17.0 Å². The van der Waals surface area contributed by atoms with Gasteiger partial charge in [0.15, 0.2) is 0 Å². The van der Waals surface area contributed by atoms with Crippen molar-refractivity contribution in [3.8, 4) is 5.88 Å². The Morgan fingerprint density at radius 1 is 1.37 bits per heavy atom. The summed E-state index contributed by atoms with van der Waals surface area (Å²) in [6, 6.07) is 1.57. The maximum absolute atomic E-state index is 11.9. The second-order valence-electron chi connectivity index (χ2n) is 3.39. The summed E-state index contributed by atoms with van der Waals surface area (Å²) < 4.78 is 30.8. The minimum absolute atomic E-state index is 0.0584. The lowest BCUT2D eigenvalue weighted by Gasteiger charge is -2.06. The van der Waals surface area contributed by atoms with Crippen molar-refractivity contribution in [2.75, 3.05) is 17.6 Å². The normalized spacial score (nSPS) is 11.3. The molecule has 2 heterocycles. The summed E-state index contributed by atoms with van der Waals surface area (Å²) in [6.45, 7) is 1.69. The van der Waals surface area contributed by atoms with Gasteiger partial charge >= 0.3 is 0 Å². The zero-order valence-corrected chi connectivity index (χ0v) is 11.6. The molecule has 2 rings (SSSR count). The molecule has 0 atom stereocenters. The Morgan fingerprint density at radius 3 is 2.68 bits per heavy atom. The quantitative estimate of drug-likeness (QED) is 0.808. The zero-order valence-electron chi connectivity index (χ0n) is 9.98. The average molecular weight is 302 g/mol. The lowest BCUT2D eigenvalue weighted by atomic mass is 10.4. The summed E-state index contributed by atoms with van der Waals surface area (Å²) >= 11 is 0.746. The summed E-state index contributed by atoms with van der Waals surface area (Å²) in [5, 5.41) is 6.95. The van der Waals surface area contributed by atoms with Crippen LogP contribution in [0.3, 0.4) is 0 Å². The largest absolute Gasteiger partial charge is 0.481 e. The van der Waals surface area contributed by atoms with Gasteiger partial charge in [-0.15, -0.1) is 10.2 Å². The Labute approximate surface area is 112 Å². The molecule has 19 heavy (non-hydrogen) atoms. The Kier molecular flexibility index (Phi) is 3.48. The smallest absolute Gasteiger partial charge is 0.293 e. The molecule has 0 fully saturated rings. The van der Waals surface area contributed by atoms with Crippen molar-refractivity contribution in [1.29, 1.82) is 0 Å². The highest BCUT2D eigenvalue weighted by atomic mass is 32.2. The van der Waals surface area contributed by atoms with Crippen molar-refractivity contribution in [3.63, 3.8) is 0 Å². The van der Waals surface area contributed by atoms with Gasteiger partial charge in [-0.3, -0.25) is 0 Å². The number of hydrogen-bond acceptors (Lipinski definition) is 9. The first-order valence-electron chi connectivity index (χ1n) is 4.92. The molecule has 3 N–H and O–H groups in total. The van der Waals surface area contributed by atoms with Crippen LogP contribution in [0.25, 0.3) is 0 Å². The first kappa shape index (κ1) is 13.4. The van der Waals surface area contributed by atoms with Crippen molar-refractivity contribution < 1.29 is 13.2 Å².